The summed E-state index contributed by atoms with van der Waals surface area (Å²) in [5, 5.41) is 11.0. The summed E-state index contributed by atoms with van der Waals surface area (Å²) in [6.45, 7) is 1.96. The standard InChI is InChI=1S/C12H10N2/c1-8-10(7-13)3-2-9-6-11(14)4-5-12(8)9/h2-6H,14H2,1H3. The van der Waals surface area contributed by atoms with E-state index < -0.39 is 0 Å². The van der Waals surface area contributed by atoms with E-state index in [1.807, 2.05) is 37.3 Å². The first-order valence-corrected chi connectivity index (χ1v) is 4.41. The molecule has 14 heavy (non-hydrogen) atoms. The number of benzene rings is 2. The molecule has 2 nitrogen and oxygen atoms in total. The van der Waals surface area contributed by atoms with Crippen LogP contribution in [0, 0.1) is 18.3 Å². The van der Waals surface area contributed by atoms with Crippen LogP contribution in [0.4, 0.5) is 5.69 Å². The minimum absolute atomic E-state index is 0.724. The van der Waals surface area contributed by atoms with Crippen molar-refractivity contribution in [3.63, 3.8) is 0 Å². The first-order valence-electron chi connectivity index (χ1n) is 4.41. The zero-order chi connectivity index (χ0) is 10.1. The molecule has 0 aliphatic heterocycles. The lowest BCUT2D eigenvalue weighted by molar-refractivity contribution is 1.43. The summed E-state index contributed by atoms with van der Waals surface area (Å²) in [5.41, 5.74) is 8.17. The minimum atomic E-state index is 0.724. The fourth-order valence-electron chi connectivity index (χ4n) is 1.62. The summed E-state index contributed by atoms with van der Waals surface area (Å²) >= 11 is 0. The highest BCUT2D eigenvalue weighted by molar-refractivity contribution is 5.89. The molecule has 0 spiro atoms. The molecule has 0 fully saturated rings. The Labute approximate surface area is 82.6 Å². The topological polar surface area (TPSA) is 49.8 Å². The summed E-state index contributed by atoms with van der Waals surface area (Å²) in [7, 11) is 0. The van der Waals surface area contributed by atoms with Gasteiger partial charge in [-0.15, -0.1) is 0 Å². The second-order valence-electron chi connectivity index (χ2n) is 3.33. The maximum Gasteiger partial charge on any atom is 0.0994 e. The summed E-state index contributed by atoms with van der Waals surface area (Å²) in [6, 6.07) is 11.7. The van der Waals surface area contributed by atoms with E-state index in [2.05, 4.69) is 6.07 Å². The van der Waals surface area contributed by atoms with Gasteiger partial charge in [-0.2, -0.15) is 5.26 Å². The van der Waals surface area contributed by atoms with Gasteiger partial charge < -0.3 is 5.73 Å². The summed E-state index contributed by atoms with van der Waals surface area (Å²) < 4.78 is 0. The van der Waals surface area contributed by atoms with E-state index in [9.17, 15) is 0 Å². The molecular formula is C12H10N2. The Hall–Kier alpha value is -2.01. The van der Waals surface area contributed by atoms with Crippen molar-refractivity contribution in [3.8, 4) is 6.07 Å². The molecular weight excluding hydrogens is 172 g/mol. The molecule has 0 heterocycles. The van der Waals surface area contributed by atoms with E-state index in [0.29, 0.717) is 0 Å². The van der Waals surface area contributed by atoms with Crippen LogP contribution in [0.15, 0.2) is 30.3 Å². The highest BCUT2D eigenvalue weighted by Gasteiger charge is 2.02. The zero-order valence-corrected chi connectivity index (χ0v) is 7.91. The lowest BCUT2D eigenvalue weighted by Crippen LogP contribution is -1.87. The Bertz CT molecular complexity index is 536. The van der Waals surface area contributed by atoms with Gasteiger partial charge in [0.1, 0.15) is 0 Å². The van der Waals surface area contributed by atoms with Crippen LogP contribution in [0.25, 0.3) is 10.8 Å². The van der Waals surface area contributed by atoms with Crippen molar-refractivity contribution in [2.24, 2.45) is 0 Å². The molecule has 0 radical (unpaired) electrons. The number of hydrogen-bond acceptors (Lipinski definition) is 2. The van der Waals surface area contributed by atoms with Crippen molar-refractivity contribution in [2.75, 3.05) is 5.73 Å². The molecule has 68 valence electrons. The summed E-state index contributed by atoms with van der Waals surface area (Å²) in [6.07, 6.45) is 0. The average molecular weight is 182 g/mol. The van der Waals surface area contributed by atoms with Crippen molar-refractivity contribution in [3.05, 3.63) is 41.5 Å². The molecule has 2 N–H and O–H groups in total. The van der Waals surface area contributed by atoms with Gasteiger partial charge in [0.2, 0.25) is 0 Å². The van der Waals surface area contributed by atoms with E-state index in [-0.39, 0.29) is 0 Å². The van der Waals surface area contributed by atoms with Crippen LogP contribution in [0.5, 0.6) is 0 Å². The monoisotopic (exact) mass is 182 g/mol. The molecule has 0 saturated carbocycles. The van der Waals surface area contributed by atoms with Gasteiger partial charge in [0, 0.05) is 5.69 Å². The molecule has 2 rings (SSSR count). The highest BCUT2D eigenvalue weighted by atomic mass is 14.5. The predicted octanol–water partition coefficient (Wildman–Crippen LogP) is 2.60. The van der Waals surface area contributed by atoms with E-state index in [1.165, 1.54) is 0 Å². The minimum Gasteiger partial charge on any atom is -0.399 e. The van der Waals surface area contributed by atoms with Crippen molar-refractivity contribution in [2.45, 2.75) is 6.92 Å². The molecule has 0 bridgehead atoms. The Morgan fingerprint density at radius 2 is 2.00 bits per heavy atom. The quantitative estimate of drug-likeness (QED) is 0.636. The van der Waals surface area contributed by atoms with Crippen molar-refractivity contribution >= 4 is 16.5 Å². The second kappa shape index (κ2) is 3.04. The molecule has 0 amide bonds. The van der Waals surface area contributed by atoms with Crippen molar-refractivity contribution < 1.29 is 0 Å². The zero-order valence-electron chi connectivity index (χ0n) is 7.91. The Morgan fingerprint density at radius 3 is 2.71 bits per heavy atom. The number of nitrogens with two attached hydrogens (primary N) is 1. The van der Waals surface area contributed by atoms with Gasteiger partial charge in [0.05, 0.1) is 11.6 Å². The summed E-state index contributed by atoms with van der Waals surface area (Å²) in [5.74, 6) is 0. The van der Waals surface area contributed by atoms with Crippen LogP contribution in [-0.2, 0) is 0 Å². The van der Waals surface area contributed by atoms with Crippen LogP contribution in [0.3, 0.4) is 0 Å². The van der Waals surface area contributed by atoms with E-state index in [4.69, 9.17) is 11.0 Å². The van der Waals surface area contributed by atoms with Crippen molar-refractivity contribution in [1.29, 1.82) is 5.26 Å². The number of rotatable bonds is 0. The number of anilines is 1. The smallest absolute Gasteiger partial charge is 0.0994 e. The van der Waals surface area contributed by atoms with Gasteiger partial charge >= 0.3 is 0 Å². The fourth-order valence-corrected chi connectivity index (χ4v) is 1.62. The van der Waals surface area contributed by atoms with Gasteiger partial charge in [-0.25, -0.2) is 0 Å². The molecule has 0 aromatic heterocycles. The third-order valence-corrected chi connectivity index (χ3v) is 2.43. The SMILES string of the molecule is Cc1c(C#N)ccc2cc(N)ccc12. The number of hydrogen-bond donors (Lipinski definition) is 1. The molecule has 0 aliphatic rings. The molecule has 2 aromatic carbocycles. The molecule has 2 aromatic rings. The summed E-state index contributed by atoms with van der Waals surface area (Å²) in [4.78, 5) is 0. The molecule has 0 aliphatic carbocycles. The number of fused-ring (bicyclic) bond motifs is 1. The van der Waals surface area contributed by atoms with E-state index >= 15 is 0 Å². The number of nitrogen functional groups attached to an aromatic ring is 1. The van der Waals surface area contributed by atoms with Gasteiger partial charge in [0.15, 0.2) is 0 Å². The van der Waals surface area contributed by atoms with Gasteiger partial charge in [-0.3, -0.25) is 0 Å². The number of nitriles is 1. The van der Waals surface area contributed by atoms with Crippen molar-refractivity contribution in [1.82, 2.24) is 0 Å². The first-order chi connectivity index (χ1) is 6.72. The number of aryl methyl sites for hydroxylation is 1. The van der Waals surface area contributed by atoms with Crippen LogP contribution in [0.2, 0.25) is 0 Å². The average Bonchev–Trinajstić information content (AvgIpc) is 2.18. The normalized spacial score (nSPS) is 10.0. The third-order valence-electron chi connectivity index (χ3n) is 2.43. The van der Waals surface area contributed by atoms with Crippen LogP contribution in [-0.4, -0.2) is 0 Å². The molecule has 2 heteroatoms. The highest BCUT2D eigenvalue weighted by Crippen LogP contribution is 2.23. The van der Waals surface area contributed by atoms with Crippen LogP contribution >= 0.6 is 0 Å². The molecule has 0 unspecified atom stereocenters. The maximum atomic E-state index is 8.86. The number of nitrogens with zero attached hydrogens (tertiary/aromatic N) is 1. The van der Waals surface area contributed by atoms with Gasteiger partial charge in [-0.1, -0.05) is 12.1 Å². The van der Waals surface area contributed by atoms with Gasteiger partial charge in [0.25, 0.3) is 0 Å². The lowest BCUT2D eigenvalue weighted by atomic mass is 10.0. The Kier molecular flexibility index (Phi) is 1.86. The maximum absolute atomic E-state index is 8.86. The Balaban J connectivity index is 2.85. The van der Waals surface area contributed by atoms with Gasteiger partial charge in [-0.05, 0) is 41.5 Å². The third kappa shape index (κ3) is 1.20. The molecule has 0 atom stereocenters. The lowest BCUT2D eigenvalue weighted by Gasteiger charge is -2.04. The largest absolute Gasteiger partial charge is 0.399 e. The van der Waals surface area contributed by atoms with Crippen LogP contribution < -0.4 is 5.73 Å². The van der Waals surface area contributed by atoms with E-state index in [0.717, 1.165) is 27.6 Å². The fraction of sp³-hybridized carbons (Fsp3) is 0.0833. The van der Waals surface area contributed by atoms with Crippen LogP contribution in [0.1, 0.15) is 11.1 Å². The predicted molar refractivity (Wildman–Crippen MR) is 57.8 cm³/mol. The van der Waals surface area contributed by atoms with E-state index in [1.54, 1.807) is 0 Å². The molecule has 0 saturated heterocycles. The first kappa shape index (κ1) is 8.58. The Morgan fingerprint density at radius 1 is 1.21 bits per heavy atom. The second-order valence-corrected chi connectivity index (χ2v) is 3.33.